The number of hydrogen-bond acceptors (Lipinski definition) is 4. The maximum Gasteiger partial charge on any atom is 0.276 e. The Hall–Kier alpha value is -1.62. The van der Waals surface area contributed by atoms with Gasteiger partial charge in [0.2, 0.25) is 0 Å². The predicted molar refractivity (Wildman–Crippen MR) is 81.2 cm³/mol. The van der Waals surface area contributed by atoms with Gasteiger partial charge in [0.25, 0.3) is 5.91 Å². The number of carbonyl (C=O) groups excluding carboxylic acids is 1. The van der Waals surface area contributed by atoms with Gasteiger partial charge in [-0.2, -0.15) is 0 Å². The third-order valence-corrected chi connectivity index (χ3v) is 5.65. The minimum Gasteiger partial charge on any atom is -0.442 e. The molecule has 1 amide bonds. The van der Waals surface area contributed by atoms with Crippen LogP contribution in [0.3, 0.4) is 0 Å². The number of thiophene rings is 1. The van der Waals surface area contributed by atoms with E-state index in [-0.39, 0.29) is 5.91 Å². The Bertz CT molecular complexity index is 635. The van der Waals surface area contributed by atoms with Gasteiger partial charge in [-0.1, -0.05) is 18.9 Å². The highest BCUT2D eigenvalue weighted by atomic mass is 32.1. The molecule has 0 aromatic carbocycles. The summed E-state index contributed by atoms with van der Waals surface area (Å²) in [5.74, 6) is 1.36. The number of nitrogens with zero attached hydrogens (tertiary/aromatic N) is 2. The van der Waals surface area contributed by atoms with Crippen LogP contribution in [-0.4, -0.2) is 28.4 Å². The van der Waals surface area contributed by atoms with E-state index in [0.29, 0.717) is 23.4 Å². The van der Waals surface area contributed by atoms with E-state index in [1.807, 2.05) is 22.4 Å². The highest BCUT2D eigenvalue weighted by Crippen LogP contribution is 2.38. The van der Waals surface area contributed by atoms with Crippen molar-refractivity contribution in [3.8, 4) is 10.6 Å². The highest BCUT2D eigenvalue weighted by Gasteiger charge is 2.39. The molecule has 1 saturated heterocycles. The van der Waals surface area contributed by atoms with Crippen molar-refractivity contribution in [2.75, 3.05) is 6.54 Å². The second-order valence-electron chi connectivity index (χ2n) is 5.91. The van der Waals surface area contributed by atoms with Crippen molar-refractivity contribution in [2.24, 2.45) is 5.92 Å². The van der Waals surface area contributed by atoms with Crippen molar-refractivity contribution < 1.29 is 9.21 Å². The molecule has 4 nitrogen and oxygen atoms in total. The lowest BCUT2D eigenvalue weighted by atomic mass is 9.85. The Morgan fingerprint density at radius 3 is 3.10 bits per heavy atom. The lowest BCUT2D eigenvalue weighted by Crippen LogP contribution is -2.39. The topological polar surface area (TPSA) is 46.3 Å². The van der Waals surface area contributed by atoms with E-state index in [1.54, 1.807) is 11.3 Å². The van der Waals surface area contributed by atoms with Gasteiger partial charge in [-0.25, -0.2) is 4.98 Å². The molecule has 4 rings (SSSR count). The summed E-state index contributed by atoms with van der Waals surface area (Å²) >= 11 is 1.57. The fourth-order valence-corrected chi connectivity index (χ4v) is 4.49. The molecular formula is C16H18N2O2S. The molecule has 2 aliphatic rings. The minimum absolute atomic E-state index is 0.0431. The summed E-state index contributed by atoms with van der Waals surface area (Å²) < 4.78 is 5.48. The molecule has 0 unspecified atom stereocenters. The molecule has 2 aromatic rings. The van der Waals surface area contributed by atoms with E-state index in [9.17, 15) is 4.79 Å². The summed E-state index contributed by atoms with van der Waals surface area (Å²) in [5, 5.41) is 1.99. The molecule has 0 bridgehead atoms. The second-order valence-corrected chi connectivity index (χ2v) is 6.85. The normalized spacial score (nSPS) is 25.0. The van der Waals surface area contributed by atoms with Gasteiger partial charge in [0.15, 0.2) is 17.8 Å². The zero-order chi connectivity index (χ0) is 14.2. The molecule has 0 N–H and O–H groups in total. The van der Waals surface area contributed by atoms with Gasteiger partial charge in [0, 0.05) is 12.6 Å². The number of likely N-dealkylation sites (tertiary alicyclic amines) is 1. The van der Waals surface area contributed by atoms with E-state index >= 15 is 0 Å². The van der Waals surface area contributed by atoms with Gasteiger partial charge in [0.05, 0.1) is 4.88 Å². The fraction of sp³-hybridized carbons (Fsp3) is 0.500. The molecule has 21 heavy (non-hydrogen) atoms. The lowest BCUT2D eigenvalue weighted by Gasteiger charge is -2.31. The molecule has 3 heterocycles. The number of fused-ring (bicyclic) bond motifs is 1. The zero-order valence-electron chi connectivity index (χ0n) is 11.8. The maximum atomic E-state index is 12.9. The molecule has 0 radical (unpaired) electrons. The molecule has 0 spiro atoms. The van der Waals surface area contributed by atoms with Crippen LogP contribution in [0, 0.1) is 5.92 Å². The summed E-state index contributed by atoms with van der Waals surface area (Å²) in [6, 6.07) is 4.35. The molecule has 2 fully saturated rings. The van der Waals surface area contributed by atoms with Crippen molar-refractivity contribution in [1.29, 1.82) is 0 Å². The third kappa shape index (κ3) is 2.20. The first-order valence-electron chi connectivity index (χ1n) is 7.63. The van der Waals surface area contributed by atoms with Crippen LogP contribution in [0.25, 0.3) is 10.6 Å². The van der Waals surface area contributed by atoms with E-state index in [0.717, 1.165) is 24.3 Å². The Balaban J connectivity index is 1.62. The third-order valence-electron chi connectivity index (χ3n) is 4.79. The first-order valence-corrected chi connectivity index (χ1v) is 8.51. The highest BCUT2D eigenvalue weighted by molar-refractivity contribution is 7.13. The number of rotatable bonds is 2. The average molecular weight is 302 g/mol. The standard InChI is InChI=1S/C16H18N2O2S/c19-16(18-8-7-11-4-1-2-5-12(11)18)14-15(20-10-17-14)13-6-3-9-21-13/h3,6,9-12H,1-2,4-5,7-8H2/t11-,12+/m0/s1. The largest absolute Gasteiger partial charge is 0.442 e. The zero-order valence-corrected chi connectivity index (χ0v) is 12.6. The number of amides is 1. The summed E-state index contributed by atoms with van der Waals surface area (Å²) in [5.41, 5.74) is 0.476. The molecule has 1 aliphatic heterocycles. The molecule has 2 atom stereocenters. The number of hydrogen-bond donors (Lipinski definition) is 0. The van der Waals surface area contributed by atoms with Gasteiger partial charge >= 0.3 is 0 Å². The van der Waals surface area contributed by atoms with Gasteiger partial charge in [0.1, 0.15) is 0 Å². The van der Waals surface area contributed by atoms with Crippen LogP contribution in [0.15, 0.2) is 28.3 Å². The van der Waals surface area contributed by atoms with Crippen LogP contribution in [0.5, 0.6) is 0 Å². The van der Waals surface area contributed by atoms with Crippen LogP contribution in [0.1, 0.15) is 42.6 Å². The lowest BCUT2D eigenvalue weighted by molar-refractivity contribution is 0.0685. The van der Waals surface area contributed by atoms with E-state index < -0.39 is 0 Å². The quantitative estimate of drug-likeness (QED) is 0.847. The Morgan fingerprint density at radius 1 is 1.33 bits per heavy atom. The summed E-state index contributed by atoms with van der Waals surface area (Å²) in [4.78, 5) is 20.1. The molecule has 5 heteroatoms. The molecule has 1 aliphatic carbocycles. The Morgan fingerprint density at radius 2 is 2.24 bits per heavy atom. The average Bonchev–Trinajstić information content (AvgIpc) is 3.25. The summed E-state index contributed by atoms with van der Waals surface area (Å²) in [7, 11) is 0. The summed E-state index contributed by atoms with van der Waals surface area (Å²) in [6.07, 6.45) is 7.49. The van der Waals surface area contributed by atoms with Crippen molar-refractivity contribution in [1.82, 2.24) is 9.88 Å². The molecular weight excluding hydrogens is 284 g/mol. The summed E-state index contributed by atoms with van der Waals surface area (Å²) in [6.45, 7) is 0.866. The number of carbonyl (C=O) groups is 1. The Labute approximate surface area is 127 Å². The van der Waals surface area contributed by atoms with Gasteiger partial charge < -0.3 is 9.32 Å². The van der Waals surface area contributed by atoms with E-state index in [2.05, 4.69) is 4.98 Å². The van der Waals surface area contributed by atoms with Gasteiger partial charge in [-0.05, 0) is 36.6 Å². The van der Waals surface area contributed by atoms with Crippen molar-refractivity contribution in [2.45, 2.75) is 38.1 Å². The first-order chi connectivity index (χ1) is 10.3. The van der Waals surface area contributed by atoms with Gasteiger partial charge in [-0.3, -0.25) is 4.79 Å². The predicted octanol–water partition coefficient (Wildman–Crippen LogP) is 3.81. The number of aromatic nitrogens is 1. The monoisotopic (exact) mass is 302 g/mol. The SMILES string of the molecule is O=C(c1ncoc1-c1cccs1)N1CC[C@@H]2CCCC[C@H]21. The van der Waals surface area contributed by atoms with Crippen LogP contribution in [0.2, 0.25) is 0 Å². The smallest absolute Gasteiger partial charge is 0.276 e. The molecule has 1 saturated carbocycles. The van der Waals surface area contributed by atoms with Crippen molar-refractivity contribution in [3.05, 3.63) is 29.6 Å². The second kappa shape index (κ2) is 5.30. The van der Waals surface area contributed by atoms with E-state index in [1.165, 1.54) is 25.7 Å². The minimum atomic E-state index is 0.0431. The van der Waals surface area contributed by atoms with Crippen LogP contribution >= 0.6 is 11.3 Å². The van der Waals surface area contributed by atoms with Crippen LogP contribution < -0.4 is 0 Å². The van der Waals surface area contributed by atoms with E-state index in [4.69, 9.17) is 4.42 Å². The number of oxazole rings is 1. The van der Waals surface area contributed by atoms with Gasteiger partial charge in [-0.15, -0.1) is 11.3 Å². The van der Waals surface area contributed by atoms with Crippen LogP contribution in [0.4, 0.5) is 0 Å². The fourth-order valence-electron chi connectivity index (χ4n) is 3.78. The molecule has 110 valence electrons. The van der Waals surface area contributed by atoms with Crippen molar-refractivity contribution >= 4 is 17.2 Å². The van der Waals surface area contributed by atoms with Crippen molar-refractivity contribution in [3.63, 3.8) is 0 Å². The molecule has 2 aromatic heterocycles. The Kier molecular flexibility index (Phi) is 3.30. The maximum absolute atomic E-state index is 12.9. The first kappa shape index (κ1) is 13.1. The van der Waals surface area contributed by atoms with Crippen LogP contribution in [-0.2, 0) is 0 Å².